The second-order valence-electron chi connectivity index (χ2n) is 6.46. The molecule has 0 spiro atoms. The molecular formula is C20H16ClFN4O2S. The number of nitrogens with zero attached hydrogens (tertiary/aromatic N) is 4. The molecule has 0 unspecified atom stereocenters. The molecule has 0 saturated heterocycles. The lowest BCUT2D eigenvalue weighted by Crippen LogP contribution is -2.30. The third-order valence-electron chi connectivity index (χ3n) is 4.45. The van der Waals surface area contributed by atoms with Crippen LogP contribution in [0.15, 0.2) is 71.8 Å². The van der Waals surface area contributed by atoms with Crippen molar-refractivity contribution < 1.29 is 12.8 Å². The summed E-state index contributed by atoms with van der Waals surface area (Å²) in [5.74, 6) is 0.129. The fourth-order valence-electron chi connectivity index (χ4n) is 3.01. The molecule has 0 saturated carbocycles. The molecule has 29 heavy (non-hydrogen) atoms. The van der Waals surface area contributed by atoms with Crippen LogP contribution >= 0.6 is 11.6 Å². The highest BCUT2D eigenvalue weighted by Gasteiger charge is 2.26. The molecule has 4 aromatic rings. The first-order chi connectivity index (χ1) is 13.8. The summed E-state index contributed by atoms with van der Waals surface area (Å²) < 4.78 is 43.6. The molecule has 4 rings (SSSR count). The Labute approximate surface area is 172 Å². The van der Waals surface area contributed by atoms with Crippen LogP contribution < -0.4 is 4.31 Å². The Kier molecular flexibility index (Phi) is 4.97. The quantitative estimate of drug-likeness (QED) is 0.475. The van der Waals surface area contributed by atoms with Gasteiger partial charge in [0.2, 0.25) is 0 Å². The molecule has 2 heterocycles. The molecule has 0 fully saturated rings. The Morgan fingerprint density at radius 1 is 1.07 bits per heavy atom. The van der Waals surface area contributed by atoms with Gasteiger partial charge in [-0.3, -0.25) is 8.71 Å². The minimum Gasteiger partial charge on any atom is -0.285 e. The van der Waals surface area contributed by atoms with Gasteiger partial charge in [0, 0.05) is 11.2 Å². The van der Waals surface area contributed by atoms with Gasteiger partial charge in [0.05, 0.1) is 12.2 Å². The number of rotatable bonds is 5. The number of sulfonamides is 1. The van der Waals surface area contributed by atoms with Crippen molar-refractivity contribution in [1.29, 1.82) is 0 Å². The number of hydrogen-bond donors (Lipinski definition) is 0. The van der Waals surface area contributed by atoms with E-state index < -0.39 is 15.8 Å². The van der Waals surface area contributed by atoms with Crippen LogP contribution in [0.1, 0.15) is 11.4 Å². The molecule has 0 radical (unpaired) electrons. The van der Waals surface area contributed by atoms with Crippen molar-refractivity contribution in [2.75, 3.05) is 4.31 Å². The van der Waals surface area contributed by atoms with Gasteiger partial charge in [0.25, 0.3) is 10.0 Å². The number of benzene rings is 2. The number of fused-ring (bicyclic) bond motifs is 1. The van der Waals surface area contributed by atoms with Crippen LogP contribution in [0.2, 0.25) is 5.02 Å². The van der Waals surface area contributed by atoms with E-state index in [1.807, 2.05) is 0 Å². The molecule has 0 atom stereocenters. The average Bonchev–Trinajstić information content (AvgIpc) is 3.06. The monoisotopic (exact) mass is 430 g/mol. The predicted molar refractivity (Wildman–Crippen MR) is 109 cm³/mol. The molecule has 0 aliphatic heterocycles. The third-order valence-corrected chi connectivity index (χ3v) is 6.44. The topological polar surface area (TPSA) is 67.6 Å². The Morgan fingerprint density at radius 3 is 2.62 bits per heavy atom. The van der Waals surface area contributed by atoms with Gasteiger partial charge in [0.15, 0.2) is 5.65 Å². The van der Waals surface area contributed by atoms with Crippen molar-refractivity contribution in [2.24, 2.45) is 0 Å². The van der Waals surface area contributed by atoms with Crippen LogP contribution in [0.4, 0.5) is 10.1 Å². The third kappa shape index (κ3) is 3.81. The number of aryl methyl sites for hydroxylation is 1. The van der Waals surface area contributed by atoms with Crippen LogP contribution in [-0.4, -0.2) is 23.0 Å². The summed E-state index contributed by atoms with van der Waals surface area (Å²) in [4.78, 5) is 0.0595. The van der Waals surface area contributed by atoms with Crippen molar-refractivity contribution in [3.8, 4) is 0 Å². The van der Waals surface area contributed by atoms with E-state index in [1.54, 1.807) is 53.8 Å². The molecule has 0 aliphatic rings. The smallest absolute Gasteiger partial charge is 0.266 e. The van der Waals surface area contributed by atoms with E-state index in [4.69, 9.17) is 11.6 Å². The second-order valence-corrected chi connectivity index (χ2v) is 8.76. The number of hydrogen-bond acceptors (Lipinski definition) is 4. The largest absolute Gasteiger partial charge is 0.285 e. The van der Waals surface area contributed by atoms with Crippen LogP contribution in [0.5, 0.6) is 0 Å². The fraction of sp³-hybridized carbons (Fsp3) is 0.100. The Morgan fingerprint density at radius 2 is 1.86 bits per heavy atom. The van der Waals surface area contributed by atoms with Crippen LogP contribution in [-0.2, 0) is 16.6 Å². The molecule has 0 N–H and O–H groups in total. The van der Waals surface area contributed by atoms with Crippen LogP contribution in [0, 0.1) is 12.7 Å². The zero-order valence-corrected chi connectivity index (χ0v) is 16.9. The highest BCUT2D eigenvalue weighted by atomic mass is 35.5. The molecule has 0 bridgehead atoms. The van der Waals surface area contributed by atoms with E-state index in [2.05, 4.69) is 10.2 Å². The lowest BCUT2D eigenvalue weighted by Gasteiger charge is -2.25. The fourth-order valence-corrected chi connectivity index (χ4v) is 4.64. The van der Waals surface area contributed by atoms with Gasteiger partial charge >= 0.3 is 0 Å². The minimum atomic E-state index is -3.99. The van der Waals surface area contributed by atoms with Gasteiger partial charge in [0.1, 0.15) is 16.5 Å². The van der Waals surface area contributed by atoms with E-state index in [0.717, 1.165) is 0 Å². The SMILES string of the molecule is Cc1nnc2ccc(S(=O)(=O)N(Cc3cccc(F)c3)c3cccc(Cl)c3)cn12. The highest BCUT2D eigenvalue weighted by Crippen LogP contribution is 2.28. The first kappa shape index (κ1) is 19.4. The van der Waals surface area contributed by atoms with E-state index >= 15 is 0 Å². The van der Waals surface area contributed by atoms with Gasteiger partial charge in [-0.2, -0.15) is 0 Å². The van der Waals surface area contributed by atoms with Crippen molar-refractivity contribution in [1.82, 2.24) is 14.6 Å². The maximum atomic E-state index is 13.7. The standard InChI is InChI=1S/C20H16ClFN4O2S/c1-14-23-24-20-9-8-19(13-25(14)20)29(27,28)26(18-7-3-5-16(21)11-18)12-15-4-2-6-17(22)10-15/h2-11,13H,12H2,1H3. The van der Waals surface area contributed by atoms with Crippen molar-refractivity contribution in [3.05, 3.63) is 89.1 Å². The summed E-state index contributed by atoms with van der Waals surface area (Å²) >= 11 is 6.10. The zero-order valence-electron chi connectivity index (χ0n) is 15.3. The summed E-state index contributed by atoms with van der Waals surface area (Å²) in [6.45, 7) is 1.68. The van der Waals surface area contributed by atoms with Crippen LogP contribution in [0.25, 0.3) is 5.65 Å². The first-order valence-corrected chi connectivity index (χ1v) is 10.5. The second kappa shape index (κ2) is 7.46. The number of aromatic nitrogens is 3. The Hall–Kier alpha value is -2.97. The summed E-state index contributed by atoms with van der Waals surface area (Å²) in [5.41, 5.74) is 1.43. The normalized spacial score (nSPS) is 11.7. The molecule has 0 amide bonds. The first-order valence-electron chi connectivity index (χ1n) is 8.69. The van der Waals surface area contributed by atoms with Gasteiger partial charge < -0.3 is 0 Å². The lowest BCUT2D eigenvalue weighted by molar-refractivity contribution is 0.589. The zero-order chi connectivity index (χ0) is 20.6. The molecule has 148 valence electrons. The summed E-state index contributed by atoms with van der Waals surface area (Å²) in [6, 6.07) is 15.4. The van der Waals surface area contributed by atoms with Crippen molar-refractivity contribution in [2.45, 2.75) is 18.4 Å². The maximum absolute atomic E-state index is 13.7. The number of pyridine rings is 1. The summed E-state index contributed by atoms with van der Waals surface area (Å²) in [7, 11) is -3.99. The van der Waals surface area contributed by atoms with Gasteiger partial charge in [-0.1, -0.05) is 29.8 Å². The van der Waals surface area contributed by atoms with E-state index in [0.29, 0.717) is 27.7 Å². The van der Waals surface area contributed by atoms with Crippen molar-refractivity contribution >= 4 is 33.0 Å². The van der Waals surface area contributed by atoms with Crippen LogP contribution in [0.3, 0.4) is 0 Å². The maximum Gasteiger partial charge on any atom is 0.266 e. The molecule has 2 aromatic carbocycles. The number of halogens is 2. The summed E-state index contributed by atoms with van der Waals surface area (Å²) in [6.07, 6.45) is 1.48. The van der Waals surface area contributed by atoms with Gasteiger partial charge in [-0.05, 0) is 55.0 Å². The molecule has 2 aromatic heterocycles. The van der Waals surface area contributed by atoms with Gasteiger partial charge in [-0.15, -0.1) is 10.2 Å². The molecule has 0 aliphatic carbocycles. The Bertz CT molecular complexity index is 1310. The van der Waals surface area contributed by atoms with E-state index in [9.17, 15) is 12.8 Å². The number of anilines is 1. The lowest BCUT2D eigenvalue weighted by atomic mass is 10.2. The summed E-state index contributed by atoms with van der Waals surface area (Å²) in [5, 5.41) is 8.33. The Balaban J connectivity index is 1.84. The minimum absolute atomic E-state index is 0.0559. The molecular weight excluding hydrogens is 415 g/mol. The van der Waals surface area contributed by atoms with E-state index in [1.165, 1.54) is 28.7 Å². The predicted octanol–water partition coefficient (Wildman–Crippen LogP) is 4.23. The van der Waals surface area contributed by atoms with Crippen molar-refractivity contribution in [3.63, 3.8) is 0 Å². The average molecular weight is 431 g/mol. The molecule has 9 heteroatoms. The van der Waals surface area contributed by atoms with E-state index in [-0.39, 0.29) is 11.4 Å². The van der Waals surface area contributed by atoms with Gasteiger partial charge in [-0.25, -0.2) is 12.8 Å². The molecule has 6 nitrogen and oxygen atoms in total. The highest BCUT2D eigenvalue weighted by molar-refractivity contribution is 7.92.